The quantitative estimate of drug-likeness (QED) is 0.812. The first-order valence-electron chi connectivity index (χ1n) is 9.71. The van der Waals surface area contributed by atoms with Crippen molar-refractivity contribution < 1.29 is 19.0 Å². The van der Waals surface area contributed by atoms with Gasteiger partial charge in [0.2, 0.25) is 0 Å². The van der Waals surface area contributed by atoms with Gasteiger partial charge >= 0.3 is 0 Å². The van der Waals surface area contributed by atoms with Crippen LogP contribution in [0, 0.1) is 0 Å². The average Bonchev–Trinajstić information content (AvgIpc) is 3.19. The van der Waals surface area contributed by atoms with Crippen LogP contribution in [0.4, 0.5) is 5.69 Å². The Balaban J connectivity index is 1.60. The number of fused-ring (bicyclic) bond motifs is 1. The predicted octanol–water partition coefficient (Wildman–Crippen LogP) is 3.34. The lowest BCUT2D eigenvalue weighted by atomic mass is 10.1. The van der Waals surface area contributed by atoms with Gasteiger partial charge in [0.25, 0.3) is 5.91 Å². The van der Waals surface area contributed by atoms with E-state index >= 15 is 0 Å². The smallest absolute Gasteiger partial charge is 0.258 e. The topological polar surface area (TPSA) is 51.2 Å². The van der Waals surface area contributed by atoms with Crippen LogP contribution in [0.25, 0.3) is 0 Å². The van der Waals surface area contributed by atoms with Gasteiger partial charge in [-0.15, -0.1) is 0 Å². The van der Waals surface area contributed by atoms with Gasteiger partial charge in [0.15, 0.2) is 0 Å². The van der Waals surface area contributed by atoms with Crippen molar-refractivity contribution >= 4 is 11.6 Å². The van der Waals surface area contributed by atoms with Crippen molar-refractivity contribution in [2.45, 2.75) is 19.4 Å². The number of hydrogen-bond donors (Lipinski definition) is 0. The lowest BCUT2D eigenvalue weighted by molar-refractivity contribution is 0.0730. The minimum Gasteiger partial charge on any atom is -0.497 e. The maximum Gasteiger partial charge on any atom is 0.258 e. The Kier molecular flexibility index (Phi) is 5.28. The maximum atomic E-state index is 13.2. The van der Waals surface area contributed by atoms with Crippen molar-refractivity contribution in [2.75, 3.05) is 45.4 Å². The fraction of sp³-hybridized carbons (Fsp3) is 0.409. The van der Waals surface area contributed by atoms with Gasteiger partial charge in [-0.3, -0.25) is 4.79 Å². The Morgan fingerprint density at radius 1 is 1.00 bits per heavy atom. The number of benzene rings is 2. The van der Waals surface area contributed by atoms with E-state index in [0.717, 1.165) is 24.4 Å². The Bertz CT molecular complexity index is 862. The van der Waals surface area contributed by atoms with E-state index in [1.807, 2.05) is 11.0 Å². The molecular weight excluding hydrogens is 356 g/mol. The van der Waals surface area contributed by atoms with Crippen LogP contribution in [0.2, 0.25) is 0 Å². The standard InChI is InChI=1S/C22H26N2O4/c1-26-18-6-7-19(21(14-18)27-2)22(25)24-11-12-28-20-8-5-17(13-16(20)15-24)23-9-3-4-10-23/h5-8,13-14H,3-4,9-12,15H2,1-2H3. The molecule has 28 heavy (non-hydrogen) atoms. The first kappa shape index (κ1) is 18.5. The van der Waals surface area contributed by atoms with Crippen molar-refractivity contribution in [2.24, 2.45) is 0 Å². The van der Waals surface area contributed by atoms with Gasteiger partial charge in [-0.1, -0.05) is 0 Å². The number of amides is 1. The SMILES string of the molecule is COc1ccc(C(=O)N2CCOc3ccc(N4CCCC4)cc3C2)c(OC)c1. The van der Waals surface area contributed by atoms with Gasteiger partial charge in [0.1, 0.15) is 23.9 Å². The van der Waals surface area contributed by atoms with Crippen molar-refractivity contribution in [3.8, 4) is 17.2 Å². The van der Waals surface area contributed by atoms with E-state index in [1.165, 1.54) is 18.5 Å². The molecule has 0 bridgehead atoms. The molecule has 1 fully saturated rings. The third-order valence-electron chi connectivity index (χ3n) is 5.42. The molecule has 1 amide bonds. The zero-order chi connectivity index (χ0) is 19.5. The second-order valence-corrected chi connectivity index (χ2v) is 7.13. The summed E-state index contributed by atoms with van der Waals surface area (Å²) in [6, 6.07) is 11.6. The Labute approximate surface area is 165 Å². The van der Waals surface area contributed by atoms with Crippen molar-refractivity contribution in [1.29, 1.82) is 0 Å². The number of methoxy groups -OCH3 is 2. The Morgan fingerprint density at radius 3 is 2.57 bits per heavy atom. The molecule has 148 valence electrons. The summed E-state index contributed by atoms with van der Waals surface area (Å²) in [6.07, 6.45) is 2.46. The lowest BCUT2D eigenvalue weighted by Crippen LogP contribution is -2.32. The minimum atomic E-state index is -0.0671. The zero-order valence-electron chi connectivity index (χ0n) is 16.4. The molecule has 0 radical (unpaired) electrons. The van der Waals surface area contributed by atoms with Crippen LogP contribution in [-0.2, 0) is 6.54 Å². The Hall–Kier alpha value is -2.89. The third-order valence-corrected chi connectivity index (χ3v) is 5.42. The molecule has 0 aromatic heterocycles. The summed E-state index contributed by atoms with van der Waals surface area (Å²) in [4.78, 5) is 17.4. The van der Waals surface area contributed by atoms with E-state index in [2.05, 4.69) is 17.0 Å². The van der Waals surface area contributed by atoms with E-state index in [1.54, 1.807) is 32.4 Å². The number of rotatable bonds is 4. The van der Waals surface area contributed by atoms with Crippen LogP contribution in [0.3, 0.4) is 0 Å². The first-order chi connectivity index (χ1) is 13.7. The second kappa shape index (κ2) is 8.00. The molecule has 2 aromatic rings. The van der Waals surface area contributed by atoms with Crippen LogP contribution < -0.4 is 19.1 Å². The fourth-order valence-corrected chi connectivity index (χ4v) is 3.87. The molecular formula is C22H26N2O4. The average molecular weight is 382 g/mol. The highest BCUT2D eigenvalue weighted by Gasteiger charge is 2.25. The van der Waals surface area contributed by atoms with E-state index in [0.29, 0.717) is 36.8 Å². The van der Waals surface area contributed by atoms with E-state index in [4.69, 9.17) is 14.2 Å². The molecule has 0 unspecified atom stereocenters. The summed E-state index contributed by atoms with van der Waals surface area (Å²) in [5.74, 6) is 1.97. The molecule has 1 saturated heterocycles. The molecule has 2 aromatic carbocycles. The monoisotopic (exact) mass is 382 g/mol. The lowest BCUT2D eigenvalue weighted by Gasteiger charge is -2.22. The summed E-state index contributed by atoms with van der Waals surface area (Å²) in [5.41, 5.74) is 2.78. The van der Waals surface area contributed by atoms with Crippen molar-refractivity contribution in [1.82, 2.24) is 4.90 Å². The van der Waals surface area contributed by atoms with Crippen LogP contribution in [0.1, 0.15) is 28.8 Å². The molecule has 0 atom stereocenters. The summed E-state index contributed by atoms with van der Waals surface area (Å²) in [7, 11) is 3.16. The number of carbonyl (C=O) groups is 1. The van der Waals surface area contributed by atoms with Crippen LogP contribution in [-0.4, -0.2) is 51.3 Å². The highest BCUT2D eigenvalue weighted by Crippen LogP contribution is 2.31. The number of carbonyl (C=O) groups excluding carboxylic acids is 1. The summed E-state index contributed by atoms with van der Waals surface area (Å²) < 4.78 is 16.6. The molecule has 2 aliphatic heterocycles. The minimum absolute atomic E-state index is 0.0671. The van der Waals surface area contributed by atoms with Gasteiger partial charge < -0.3 is 24.0 Å². The van der Waals surface area contributed by atoms with Gasteiger partial charge in [-0.25, -0.2) is 0 Å². The highest BCUT2D eigenvalue weighted by atomic mass is 16.5. The molecule has 4 rings (SSSR count). The third kappa shape index (κ3) is 3.59. The zero-order valence-corrected chi connectivity index (χ0v) is 16.4. The molecule has 2 heterocycles. The van der Waals surface area contributed by atoms with Gasteiger partial charge in [0.05, 0.1) is 26.3 Å². The molecule has 0 aliphatic carbocycles. The molecule has 6 heteroatoms. The van der Waals surface area contributed by atoms with Gasteiger partial charge in [-0.05, 0) is 43.2 Å². The van der Waals surface area contributed by atoms with Crippen LogP contribution in [0.5, 0.6) is 17.2 Å². The summed E-state index contributed by atoms with van der Waals surface area (Å²) in [5, 5.41) is 0. The van der Waals surface area contributed by atoms with E-state index in [9.17, 15) is 4.79 Å². The maximum absolute atomic E-state index is 13.2. The van der Waals surface area contributed by atoms with Gasteiger partial charge in [-0.2, -0.15) is 0 Å². The predicted molar refractivity (Wildman–Crippen MR) is 108 cm³/mol. The summed E-state index contributed by atoms with van der Waals surface area (Å²) in [6.45, 7) is 3.70. The van der Waals surface area contributed by atoms with E-state index < -0.39 is 0 Å². The van der Waals surface area contributed by atoms with Crippen molar-refractivity contribution in [3.63, 3.8) is 0 Å². The van der Waals surface area contributed by atoms with Crippen LogP contribution >= 0.6 is 0 Å². The largest absolute Gasteiger partial charge is 0.497 e. The number of hydrogen-bond acceptors (Lipinski definition) is 5. The molecule has 0 N–H and O–H groups in total. The number of ether oxygens (including phenoxy) is 3. The Morgan fingerprint density at radius 2 is 1.82 bits per heavy atom. The first-order valence-corrected chi connectivity index (χ1v) is 9.71. The molecule has 6 nitrogen and oxygen atoms in total. The number of nitrogens with zero attached hydrogens (tertiary/aromatic N) is 2. The highest BCUT2D eigenvalue weighted by molar-refractivity contribution is 5.97. The molecule has 2 aliphatic rings. The molecule has 0 spiro atoms. The second-order valence-electron chi connectivity index (χ2n) is 7.13. The normalized spacial score (nSPS) is 16.2. The van der Waals surface area contributed by atoms with Crippen LogP contribution in [0.15, 0.2) is 36.4 Å². The van der Waals surface area contributed by atoms with E-state index in [-0.39, 0.29) is 5.91 Å². The number of anilines is 1. The fourth-order valence-electron chi connectivity index (χ4n) is 3.87. The summed E-state index contributed by atoms with van der Waals surface area (Å²) >= 11 is 0. The van der Waals surface area contributed by atoms with Crippen molar-refractivity contribution in [3.05, 3.63) is 47.5 Å². The van der Waals surface area contributed by atoms with Gasteiger partial charge in [0, 0.05) is 37.0 Å². The molecule has 0 saturated carbocycles.